The number of nitrogens with one attached hydrogen (secondary N) is 3. The van der Waals surface area contributed by atoms with Crippen LogP contribution in [0.3, 0.4) is 0 Å². The van der Waals surface area contributed by atoms with Gasteiger partial charge in [0.25, 0.3) is 0 Å². The lowest BCUT2D eigenvalue weighted by atomic mass is 9.84. The lowest BCUT2D eigenvalue weighted by Crippen LogP contribution is -2.57. The van der Waals surface area contributed by atoms with Gasteiger partial charge < -0.3 is 0 Å². The highest BCUT2D eigenvalue weighted by molar-refractivity contribution is 4.78. The summed E-state index contributed by atoms with van der Waals surface area (Å²) in [5, 5.41) is 0. The van der Waals surface area contributed by atoms with Crippen molar-refractivity contribution in [1.82, 2.24) is 16.4 Å². The van der Waals surface area contributed by atoms with Crippen molar-refractivity contribution >= 4 is 0 Å². The second-order valence-corrected chi connectivity index (χ2v) is 4.70. The number of hydrazine groups is 2. The summed E-state index contributed by atoms with van der Waals surface area (Å²) in [6.45, 7) is 1.11. The minimum atomic E-state index is 0.703. The van der Waals surface area contributed by atoms with Gasteiger partial charge in [0.2, 0.25) is 0 Å². The molecule has 3 N–H and O–H groups in total. The maximum atomic E-state index is 3.38. The molecule has 0 aromatic rings. The Hall–Kier alpha value is -0.120. The van der Waals surface area contributed by atoms with Crippen LogP contribution in [0.2, 0.25) is 0 Å². The zero-order valence-electron chi connectivity index (χ0n) is 9.02. The van der Waals surface area contributed by atoms with Crippen LogP contribution in [0.5, 0.6) is 0 Å². The predicted molar refractivity (Wildman–Crippen MR) is 58.5 cm³/mol. The van der Waals surface area contributed by atoms with E-state index in [1.54, 1.807) is 0 Å². The van der Waals surface area contributed by atoms with Gasteiger partial charge in [-0.05, 0) is 25.2 Å². The Labute approximate surface area is 87.0 Å². The van der Waals surface area contributed by atoms with Gasteiger partial charge in [0.05, 0.1) is 0 Å². The van der Waals surface area contributed by atoms with E-state index in [9.17, 15) is 0 Å². The van der Waals surface area contributed by atoms with Gasteiger partial charge in [0.1, 0.15) is 0 Å². The first kappa shape index (κ1) is 10.4. The fraction of sp³-hybridized carbons (Fsp3) is 1.00. The Morgan fingerprint density at radius 3 is 2.14 bits per heavy atom. The topological polar surface area (TPSA) is 36.1 Å². The van der Waals surface area contributed by atoms with E-state index in [1.807, 2.05) is 0 Å². The first-order chi connectivity index (χ1) is 6.97. The lowest BCUT2D eigenvalue weighted by Gasteiger charge is -2.33. The van der Waals surface area contributed by atoms with Gasteiger partial charge in [0.15, 0.2) is 0 Å². The molecule has 1 heterocycles. The first-order valence-corrected chi connectivity index (χ1v) is 6.20. The molecule has 2 aliphatic rings. The van der Waals surface area contributed by atoms with Crippen molar-refractivity contribution in [2.45, 2.75) is 57.4 Å². The van der Waals surface area contributed by atoms with Gasteiger partial charge in [0, 0.05) is 12.6 Å². The van der Waals surface area contributed by atoms with Crippen LogP contribution < -0.4 is 16.4 Å². The third-order valence-corrected chi connectivity index (χ3v) is 3.65. The fourth-order valence-electron chi connectivity index (χ4n) is 2.75. The summed E-state index contributed by atoms with van der Waals surface area (Å²) < 4.78 is 0. The highest BCUT2D eigenvalue weighted by atomic mass is 15.6. The normalized spacial score (nSPS) is 32.1. The molecule has 14 heavy (non-hydrogen) atoms. The smallest absolute Gasteiger partial charge is 0.0267 e. The van der Waals surface area contributed by atoms with E-state index in [0.29, 0.717) is 6.04 Å². The molecular formula is C11H23N3. The molecule has 3 heteroatoms. The quantitative estimate of drug-likeness (QED) is 0.599. The van der Waals surface area contributed by atoms with E-state index in [0.717, 1.165) is 12.5 Å². The van der Waals surface area contributed by atoms with E-state index in [4.69, 9.17) is 0 Å². The molecule has 2 fully saturated rings. The summed E-state index contributed by atoms with van der Waals surface area (Å²) in [4.78, 5) is 0. The van der Waals surface area contributed by atoms with Crippen LogP contribution >= 0.6 is 0 Å². The highest BCUT2D eigenvalue weighted by Crippen LogP contribution is 2.26. The Morgan fingerprint density at radius 2 is 1.50 bits per heavy atom. The molecule has 0 radical (unpaired) electrons. The minimum Gasteiger partial charge on any atom is -0.244 e. The van der Waals surface area contributed by atoms with Crippen molar-refractivity contribution in [2.75, 3.05) is 6.54 Å². The zero-order chi connectivity index (χ0) is 9.64. The summed E-state index contributed by atoms with van der Waals surface area (Å²) >= 11 is 0. The fourth-order valence-corrected chi connectivity index (χ4v) is 2.75. The third kappa shape index (κ3) is 2.94. The Bertz CT molecular complexity index is 147. The highest BCUT2D eigenvalue weighted by Gasteiger charge is 2.23. The molecule has 1 aliphatic heterocycles. The molecular weight excluding hydrogens is 174 g/mol. The maximum absolute atomic E-state index is 3.38. The van der Waals surface area contributed by atoms with Crippen LogP contribution in [0.25, 0.3) is 0 Å². The molecule has 1 atom stereocenters. The van der Waals surface area contributed by atoms with Crippen molar-refractivity contribution < 1.29 is 0 Å². The van der Waals surface area contributed by atoms with Crippen LogP contribution in [-0.2, 0) is 0 Å². The zero-order valence-corrected chi connectivity index (χ0v) is 9.02. The van der Waals surface area contributed by atoms with Gasteiger partial charge in [-0.1, -0.05) is 32.1 Å². The van der Waals surface area contributed by atoms with Gasteiger partial charge in [-0.15, -0.1) is 0 Å². The molecule has 0 spiro atoms. The average molecular weight is 197 g/mol. The molecule has 2 rings (SSSR count). The molecule has 1 aliphatic carbocycles. The van der Waals surface area contributed by atoms with Crippen LogP contribution in [0.4, 0.5) is 0 Å². The van der Waals surface area contributed by atoms with E-state index in [1.165, 1.54) is 51.4 Å². The summed E-state index contributed by atoms with van der Waals surface area (Å²) in [7, 11) is 0. The molecule has 0 bridgehead atoms. The van der Waals surface area contributed by atoms with Crippen molar-refractivity contribution in [2.24, 2.45) is 5.92 Å². The standard InChI is InChI=1S/C11H23N3/c1-2-4-6-10(7-5-3-1)11-8-9-12-14-13-11/h10-14H,1-9H2. The molecule has 0 aromatic heterocycles. The second kappa shape index (κ2) is 5.69. The van der Waals surface area contributed by atoms with Gasteiger partial charge >= 0.3 is 0 Å². The molecule has 1 unspecified atom stereocenters. The molecule has 82 valence electrons. The van der Waals surface area contributed by atoms with Crippen molar-refractivity contribution in [3.05, 3.63) is 0 Å². The molecule has 1 saturated carbocycles. The van der Waals surface area contributed by atoms with Crippen molar-refractivity contribution in [3.63, 3.8) is 0 Å². The largest absolute Gasteiger partial charge is 0.244 e. The molecule has 0 amide bonds. The SMILES string of the molecule is C1CCCC(C2CCNNN2)CCC1. The number of hydrogen-bond acceptors (Lipinski definition) is 3. The summed E-state index contributed by atoms with van der Waals surface area (Å²) in [5.41, 5.74) is 9.56. The van der Waals surface area contributed by atoms with Gasteiger partial charge in [-0.2, -0.15) is 5.53 Å². The van der Waals surface area contributed by atoms with E-state index >= 15 is 0 Å². The van der Waals surface area contributed by atoms with E-state index < -0.39 is 0 Å². The van der Waals surface area contributed by atoms with Crippen LogP contribution in [0.1, 0.15) is 51.4 Å². The van der Waals surface area contributed by atoms with Crippen molar-refractivity contribution in [3.8, 4) is 0 Å². The summed E-state index contributed by atoms with van der Waals surface area (Å²) in [5.74, 6) is 0.907. The molecule has 1 saturated heterocycles. The Morgan fingerprint density at radius 1 is 0.786 bits per heavy atom. The Balaban J connectivity index is 1.80. The average Bonchev–Trinajstić information content (AvgIpc) is 2.18. The van der Waals surface area contributed by atoms with Crippen molar-refractivity contribution in [1.29, 1.82) is 0 Å². The van der Waals surface area contributed by atoms with Gasteiger partial charge in [-0.25, -0.2) is 10.9 Å². The first-order valence-electron chi connectivity index (χ1n) is 6.20. The Kier molecular flexibility index (Phi) is 4.22. The maximum Gasteiger partial charge on any atom is 0.0267 e. The van der Waals surface area contributed by atoms with Crippen LogP contribution in [-0.4, -0.2) is 12.6 Å². The lowest BCUT2D eigenvalue weighted by molar-refractivity contribution is 0.201. The van der Waals surface area contributed by atoms with E-state index in [-0.39, 0.29) is 0 Å². The van der Waals surface area contributed by atoms with Gasteiger partial charge in [-0.3, -0.25) is 0 Å². The summed E-state index contributed by atoms with van der Waals surface area (Å²) in [6, 6.07) is 0.703. The van der Waals surface area contributed by atoms with Crippen LogP contribution in [0.15, 0.2) is 0 Å². The number of rotatable bonds is 1. The minimum absolute atomic E-state index is 0.703. The second-order valence-electron chi connectivity index (χ2n) is 4.70. The summed E-state index contributed by atoms with van der Waals surface area (Å²) in [6.07, 6.45) is 11.4. The molecule has 3 nitrogen and oxygen atoms in total. The number of hydrogen-bond donors (Lipinski definition) is 3. The molecule has 0 aromatic carbocycles. The predicted octanol–water partition coefficient (Wildman–Crippen LogP) is 1.72. The third-order valence-electron chi connectivity index (χ3n) is 3.65. The monoisotopic (exact) mass is 197 g/mol. The van der Waals surface area contributed by atoms with E-state index in [2.05, 4.69) is 16.4 Å². The van der Waals surface area contributed by atoms with Crippen LogP contribution in [0, 0.1) is 5.92 Å².